The average molecular weight is 280 g/mol. The van der Waals surface area contributed by atoms with Gasteiger partial charge in [-0.15, -0.1) is 0 Å². The van der Waals surface area contributed by atoms with Crippen LogP contribution in [0.15, 0.2) is 30.3 Å². The van der Waals surface area contributed by atoms with Crippen molar-refractivity contribution in [3.8, 4) is 0 Å². The first-order valence-corrected chi connectivity index (χ1v) is 7.11. The highest BCUT2D eigenvalue weighted by Crippen LogP contribution is 2.31. The fourth-order valence-electron chi connectivity index (χ4n) is 2.55. The molecule has 0 radical (unpaired) electrons. The Hall–Kier alpha value is -0.940. The molecule has 2 rings (SSSR count). The third-order valence-corrected chi connectivity index (χ3v) is 4.11. The van der Waals surface area contributed by atoms with E-state index in [0.29, 0.717) is 13.2 Å². The number of hydrogen-bond donors (Lipinski definition) is 1. The minimum atomic E-state index is -0.521. The van der Waals surface area contributed by atoms with Crippen molar-refractivity contribution in [3.63, 3.8) is 0 Å². The number of rotatable bonds is 5. The second-order valence-electron chi connectivity index (χ2n) is 5.49. The molecule has 1 aromatic rings. The molecule has 1 heterocycles. The summed E-state index contributed by atoms with van der Waals surface area (Å²) in [6.07, 6.45) is -1.14. The van der Waals surface area contributed by atoms with Crippen molar-refractivity contribution in [2.75, 3.05) is 13.7 Å². The molecule has 0 saturated carbocycles. The van der Waals surface area contributed by atoms with Gasteiger partial charge in [0.1, 0.15) is 6.10 Å². The van der Waals surface area contributed by atoms with Gasteiger partial charge in [-0.25, -0.2) is 0 Å². The zero-order valence-electron chi connectivity index (χ0n) is 12.4. The van der Waals surface area contributed by atoms with Crippen molar-refractivity contribution >= 4 is 0 Å². The van der Waals surface area contributed by atoms with Gasteiger partial charge < -0.3 is 19.3 Å². The Morgan fingerprint density at radius 2 is 1.85 bits per heavy atom. The molecule has 1 aliphatic heterocycles. The number of methoxy groups -OCH3 is 1. The van der Waals surface area contributed by atoms with E-state index < -0.39 is 6.10 Å². The van der Waals surface area contributed by atoms with Crippen LogP contribution in [0.25, 0.3) is 0 Å². The van der Waals surface area contributed by atoms with Crippen LogP contribution < -0.4 is 0 Å². The first kappa shape index (κ1) is 15.4. The maximum absolute atomic E-state index is 10.3. The predicted molar refractivity (Wildman–Crippen MR) is 76.1 cm³/mol. The Bertz CT molecular complexity index is 393. The van der Waals surface area contributed by atoms with Crippen LogP contribution in [0.1, 0.15) is 19.4 Å². The van der Waals surface area contributed by atoms with Crippen LogP contribution in [0, 0.1) is 11.8 Å². The molecule has 4 nitrogen and oxygen atoms in total. The van der Waals surface area contributed by atoms with Crippen molar-refractivity contribution < 1.29 is 19.3 Å². The normalized spacial score (nSPS) is 34.1. The second kappa shape index (κ2) is 7.18. The molecule has 0 spiro atoms. The molecular weight excluding hydrogens is 256 g/mol. The van der Waals surface area contributed by atoms with Crippen LogP contribution >= 0.6 is 0 Å². The van der Waals surface area contributed by atoms with E-state index in [1.54, 1.807) is 7.11 Å². The molecule has 5 unspecified atom stereocenters. The third kappa shape index (κ3) is 3.58. The second-order valence-corrected chi connectivity index (χ2v) is 5.49. The number of benzene rings is 1. The zero-order chi connectivity index (χ0) is 14.5. The van der Waals surface area contributed by atoms with Gasteiger partial charge >= 0.3 is 0 Å². The quantitative estimate of drug-likeness (QED) is 0.898. The number of aliphatic hydroxyl groups is 1. The summed E-state index contributed by atoms with van der Waals surface area (Å²) in [4.78, 5) is 0. The molecule has 5 atom stereocenters. The van der Waals surface area contributed by atoms with E-state index in [2.05, 4.69) is 0 Å². The lowest BCUT2D eigenvalue weighted by Crippen LogP contribution is -2.51. The number of aliphatic hydroxyl groups excluding tert-OH is 1. The van der Waals surface area contributed by atoms with E-state index in [1.165, 1.54) is 0 Å². The number of hydrogen-bond acceptors (Lipinski definition) is 4. The van der Waals surface area contributed by atoms with Gasteiger partial charge in [-0.3, -0.25) is 0 Å². The van der Waals surface area contributed by atoms with Crippen molar-refractivity contribution in [2.45, 2.75) is 39.0 Å². The molecule has 112 valence electrons. The van der Waals surface area contributed by atoms with E-state index >= 15 is 0 Å². The fourth-order valence-corrected chi connectivity index (χ4v) is 2.55. The summed E-state index contributed by atoms with van der Waals surface area (Å²) in [7, 11) is 1.63. The van der Waals surface area contributed by atoms with Crippen molar-refractivity contribution in [2.24, 2.45) is 11.8 Å². The maximum Gasteiger partial charge on any atom is 0.160 e. The highest BCUT2D eigenvalue weighted by Gasteiger charge is 2.40. The van der Waals surface area contributed by atoms with Gasteiger partial charge in [0.05, 0.1) is 19.3 Å². The Labute approximate surface area is 120 Å². The van der Waals surface area contributed by atoms with Gasteiger partial charge in [0.25, 0.3) is 0 Å². The fraction of sp³-hybridized carbons (Fsp3) is 0.625. The van der Waals surface area contributed by atoms with Crippen LogP contribution in [0.2, 0.25) is 0 Å². The molecule has 4 heteroatoms. The predicted octanol–water partition coefficient (Wildman–Crippen LogP) is 2.21. The van der Waals surface area contributed by atoms with Gasteiger partial charge in [0, 0.05) is 13.0 Å². The van der Waals surface area contributed by atoms with E-state index in [4.69, 9.17) is 14.2 Å². The van der Waals surface area contributed by atoms with Gasteiger partial charge in [-0.1, -0.05) is 44.2 Å². The largest absolute Gasteiger partial charge is 0.390 e. The van der Waals surface area contributed by atoms with Gasteiger partial charge in [0.2, 0.25) is 0 Å². The molecule has 1 aromatic carbocycles. The van der Waals surface area contributed by atoms with Gasteiger partial charge in [0.15, 0.2) is 6.29 Å². The van der Waals surface area contributed by atoms with E-state index in [-0.39, 0.29) is 24.2 Å². The maximum atomic E-state index is 10.3. The Kier molecular flexibility index (Phi) is 5.54. The Morgan fingerprint density at radius 1 is 1.15 bits per heavy atom. The zero-order valence-corrected chi connectivity index (χ0v) is 12.4. The van der Waals surface area contributed by atoms with Crippen molar-refractivity contribution in [3.05, 3.63) is 35.9 Å². The standard InChI is InChI=1S/C16H24O4/c1-11-12(2)16(18-3)20-14(15(11)17)10-19-9-13-7-5-4-6-8-13/h4-8,11-12,14-17H,9-10H2,1-3H3. The molecule has 1 fully saturated rings. The van der Waals surface area contributed by atoms with Crippen molar-refractivity contribution in [1.82, 2.24) is 0 Å². The third-order valence-electron chi connectivity index (χ3n) is 4.11. The molecule has 1 N–H and O–H groups in total. The lowest BCUT2D eigenvalue weighted by Gasteiger charge is -2.41. The smallest absolute Gasteiger partial charge is 0.160 e. The van der Waals surface area contributed by atoms with Crippen LogP contribution in [0.5, 0.6) is 0 Å². The average Bonchev–Trinajstić information content (AvgIpc) is 2.48. The first-order valence-electron chi connectivity index (χ1n) is 7.11. The van der Waals surface area contributed by atoms with Crippen molar-refractivity contribution in [1.29, 1.82) is 0 Å². The summed E-state index contributed by atoms with van der Waals surface area (Å²) in [5, 5.41) is 10.3. The minimum Gasteiger partial charge on any atom is -0.390 e. The first-order chi connectivity index (χ1) is 9.63. The van der Waals surface area contributed by atoms with Crippen LogP contribution in [0.3, 0.4) is 0 Å². The van der Waals surface area contributed by atoms with Crippen LogP contribution in [-0.2, 0) is 20.8 Å². The molecule has 1 saturated heterocycles. The highest BCUT2D eigenvalue weighted by molar-refractivity contribution is 5.13. The number of ether oxygens (including phenoxy) is 3. The molecular formula is C16H24O4. The SMILES string of the molecule is COC1OC(COCc2ccccc2)C(O)C(C)C1C. The molecule has 0 aliphatic carbocycles. The molecule has 0 aromatic heterocycles. The Morgan fingerprint density at radius 3 is 2.50 bits per heavy atom. The lowest BCUT2D eigenvalue weighted by atomic mass is 9.85. The summed E-state index contributed by atoms with van der Waals surface area (Å²) in [6, 6.07) is 9.97. The minimum absolute atomic E-state index is 0.124. The molecule has 1 aliphatic rings. The topological polar surface area (TPSA) is 47.9 Å². The van der Waals surface area contributed by atoms with E-state index in [0.717, 1.165) is 5.56 Å². The summed E-state index contributed by atoms with van der Waals surface area (Å²) in [5.74, 6) is 0.291. The van der Waals surface area contributed by atoms with E-state index in [1.807, 2.05) is 44.2 Å². The molecule has 0 bridgehead atoms. The highest BCUT2D eigenvalue weighted by atomic mass is 16.7. The summed E-state index contributed by atoms with van der Waals surface area (Å²) >= 11 is 0. The molecule has 20 heavy (non-hydrogen) atoms. The summed E-state index contributed by atoms with van der Waals surface area (Å²) in [6.45, 7) is 4.94. The Balaban J connectivity index is 1.85. The monoisotopic (exact) mass is 280 g/mol. The van der Waals surface area contributed by atoms with E-state index in [9.17, 15) is 5.11 Å². The van der Waals surface area contributed by atoms with Crippen LogP contribution in [-0.4, -0.2) is 37.3 Å². The van der Waals surface area contributed by atoms with Crippen LogP contribution in [0.4, 0.5) is 0 Å². The molecule has 0 amide bonds. The van der Waals surface area contributed by atoms with Gasteiger partial charge in [-0.2, -0.15) is 0 Å². The van der Waals surface area contributed by atoms with Gasteiger partial charge in [-0.05, 0) is 11.5 Å². The summed E-state index contributed by atoms with van der Waals surface area (Å²) < 4.78 is 16.8. The summed E-state index contributed by atoms with van der Waals surface area (Å²) in [5.41, 5.74) is 1.11. The lowest BCUT2D eigenvalue weighted by molar-refractivity contribution is -0.263.